The van der Waals surface area contributed by atoms with Gasteiger partial charge in [-0.3, -0.25) is 0 Å². The number of aromatic nitrogens is 4. The first-order chi connectivity index (χ1) is 12.4. The van der Waals surface area contributed by atoms with Gasteiger partial charge in [-0.1, -0.05) is 35.3 Å². The Kier molecular flexibility index (Phi) is 4.29. The highest BCUT2D eigenvalue weighted by molar-refractivity contribution is 6.34. The summed E-state index contributed by atoms with van der Waals surface area (Å²) in [7, 11) is 0. The van der Waals surface area contributed by atoms with E-state index in [1.165, 1.54) is 0 Å². The van der Waals surface area contributed by atoms with E-state index < -0.39 is 12.0 Å². The summed E-state index contributed by atoms with van der Waals surface area (Å²) in [5.74, 6) is -0.919. The van der Waals surface area contributed by atoms with Crippen molar-refractivity contribution in [3.8, 4) is 11.4 Å². The summed E-state index contributed by atoms with van der Waals surface area (Å²) in [5, 5.41) is 0.0661. The summed E-state index contributed by atoms with van der Waals surface area (Å²) in [6, 6.07) is 6.72. The number of nitrogens with zero attached hydrogens (tertiary/aromatic N) is 4. The highest BCUT2D eigenvalue weighted by atomic mass is 35.5. The number of rotatable bonds is 2. The number of imidazole rings is 1. The molecular formula is C16H11Cl2F3N4O. The Hall–Kier alpha value is -1.90. The molecule has 0 bridgehead atoms. The van der Waals surface area contributed by atoms with E-state index in [9.17, 15) is 13.2 Å². The second kappa shape index (κ2) is 6.37. The van der Waals surface area contributed by atoms with Gasteiger partial charge in [-0.05, 0) is 18.6 Å². The molecule has 136 valence electrons. The Labute approximate surface area is 155 Å². The van der Waals surface area contributed by atoms with Crippen LogP contribution in [0.5, 0.6) is 0 Å². The number of benzene rings is 1. The normalized spacial score (nSPS) is 18.0. The third-order valence-electron chi connectivity index (χ3n) is 4.14. The van der Waals surface area contributed by atoms with Gasteiger partial charge in [-0.25, -0.2) is 15.0 Å². The Bertz CT molecular complexity index is 984. The van der Waals surface area contributed by atoms with E-state index in [1.54, 1.807) is 28.8 Å². The minimum atomic E-state index is -4.72. The quantitative estimate of drug-likeness (QED) is 0.578. The summed E-state index contributed by atoms with van der Waals surface area (Å²) >= 11 is 12.3. The zero-order chi connectivity index (χ0) is 18.5. The fraction of sp³-hybridized carbons (Fsp3) is 0.312. The number of halogens is 5. The van der Waals surface area contributed by atoms with Gasteiger partial charge in [0.05, 0.1) is 17.7 Å². The summed E-state index contributed by atoms with van der Waals surface area (Å²) in [4.78, 5) is 11.5. The number of ether oxygens (including phenoxy) is 1. The van der Waals surface area contributed by atoms with Crippen LogP contribution in [0.25, 0.3) is 22.6 Å². The molecule has 0 spiro atoms. The highest BCUT2D eigenvalue weighted by Gasteiger charge is 2.37. The van der Waals surface area contributed by atoms with Gasteiger partial charge in [0, 0.05) is 12.2 Å². The van der Waals surface area contributed by atoms with Crippen LogP contribution in [-0.4, -0.2) is 32.7 Å². The monoisotopic (exact) mass is 402 g/mol. The maximum absolute atomic E-state index is 13.1. The number of fused-ring (bicyclic) bond motifs is 1. The molecule has 26 heavy (non-hydrogen) atoms. The van der Waals surface area contributed by atoms with E-state index in [4.69, 9.17) is 27.9 Å². The van der Waals surface area contributed by atoms with E-state index >= 15 is 0 Å². The molecule has 0 saturated carbocycles. The van der Waals surface area contributed by atoms with Gasteiger partial charge >= 0.3 is 6.18 Å². The Morgan fingerprint density at radius 3 is 2.54 bits per heavy atom. The molecule has 4 rings (SSSR count). The van der Waals surface area contributed by atoms with E-state index in [-0.39, 0.29) is 22.4 Å². The van der Waals surface area contributed by atoms with E-state index in [1.807, 2.05) is 0 Å². The Morgan fingerprint density at radius 1 is 1.12 bits per heavy atom. The molecule has 1 aliphatic rings. The molecule has 1 unspecified atom stereocenters. The standard InChI is InChI=1S/C16H11Cl2F3N4O/c17-10-4-2-1-3-9(10)13-22-11-12(18)23-15(16(19,20)21)24-14(11)25(13)8-5-6-26-7-8/h1-4,8H,5-7H2. The van der Waals surface area contributed by atoms with Crippen LogP contribution in [0.2, 0.25) is 10.2 Å². The van der Waals surface area contributed by atoms with E-state index in [0.717, 1.165) is 0 Å². The van der Waals surface area contributed by atoms with Gasteiger partial charge in [0.1, 0.15) is 11.3 Å². The lowest BCUT2D eigenvalue weighted by atomic mass is 10.2. The second-order valence-corrected chi connectivity index (χ2v) is 6.58. The van der Waals surface area contributed by atoms with Crippen molar-refractivity contribution in [1.29, 1.82) is 0 Å². The smallest absolute Gasteiger partial charge is 0.379 e. The molecule has 0 amide bonds. The summed E-state index contributed by atoms with van der Waals surface area (Å²) in [6.45, 7) is 0.836. The molecule has 2 aromatic heterocycles. The molecule has 5 nitrogen and oxygen atoms in total. The molecule has 1 atom stereocenters. The lowest BCUT2D eigenvalue weighted by molar-refractivity contribution is -0.144. The Balaban J connectivity index is 2.04. The molecule has 3 aromatic rings. The van der Waals surface area contributed by atoms with Gasteiger partial charge in [-0.2, -0.15) is 13.2 Å². The van der Waals surface area contributed by atoms with Crippen LogP contribution in [0.3, 0.4) is 0 Å². The molecule has 1 aromatic carbocycles. The molecule has 1 aliphatic heterocycles. The minimum absolute atomic E-state index is 0.0164. The van der Waals surface area contributed by atoms with Crippen molar-refractivity contribution in [1.82, 2.24) is 19.5 Å². The maximum atomic E-state index is 13.1. The van der Waals surface area contributed by atoms with Gasteiger partial charge in [-0.15, -0.1) is 0 Å². The molecule has 0 aliphatic carbocycles. The molecule has 3 heterocycles. The predicted molar refractivity (Wildman–Crippen MR) is 90.3 cm³/mol. The van der Waals surface area contributed by atoms with Crippen LogP contribution in [0, 0.1) is 0 Å². The van der Waals surface area contributed by atoms with Crippen LogP contribution < -0.4 is 0 Å². The zero-order valence-electron chi connectivity index (χ0n) is 13.1. The topological polar surface area (TPSA) is 52.8 Å². The third kappa shape index (κ3) is 2.91. The largest absolute Gasteiger partial charge is 0.451 e. The van der Waals surface area contributed by atoms with Crippen LogP contribution in [0.4, 0.5) is 13.2 Å². The van der Waals surface area contributed by atoms with Crippen LogP contribution in [0.1, 0.15) is 18.3 Å². The lowest BCUT2D eigenvalue weighted by Crippen LogP contribution is -2.15. The van der Waals surface area contributed by atoms with E-state index in [2.05, 4.69) is 15.0 Å². The molecule has 1 saturated heterocycles. The maximum Gasteiger partial charge on any atom is 0.451 e. The van der Waals surface area contributed by atoms with Crippen LogP contribution in [-0.2, 0) is 10.9 Å². The summed E-state index contributed by atoms with van der Waals surface area (Å²) < 4.78 is 46.4. The van der Waals surface area contributed by atoms with Crippen LogP contribution in [0.15, 0.2) is 24.3 Å². The molecule has 10 heteroatoms. The summed E-state index contributed by atoms with van der Waals surface area (Å²) in [6.07, 6.45) is -4.10. The van der Waals surface area contributed by atoms with Crippen molar-refractivity contribution in [2.45, 2.75) is 18.6 Å². The molecule has 0 N–H and O–H groups in total. The minimum Gasteiger partial charge on any atom is -0.379 e. The lowest BCUT2D eigenvalue weighted by Gasteiger charge is -2.15. The first-order valence-corrected chi connectivity index (χ1v) is 8.47. The highest BCUT2D eigenvalue weighted by Crippen LogP contribution is 2.37. The van der Waals surface area contributed by atoms with Gasteiger partial charge in [0.15, 0.2) is 10.8 Å². The number of hydrogen-bond acceptors (Lipinski definition) is 4. The summed E-state index contributed by atoms with van der Waals surface area (Å²) in [5.41, 5.74) is 0.688. The van der Waals surface area contributed by atoms with Crippen molar-refractivity contribution in [3.63, 3.8) is 0 Å². The van der Waals surface area contributed by atoms with Gasteiger partial charge in [0.2, 0.25) is 5.82 Å². The van der Waals surface area contributed by atoms with Crippen molar-refractivity contribution < 1.29 is 17.9 Å². The van der Waals surface area contributed by atoms with Crippen molar-refractivity contribution in [3.05, 3.63) is 40.3 Å². The third-order valence-corrected chi connectivity index (χ3v) is 4.73. The predicted octanol–water partition coefficient (Wildman–Crippen LogP) is 4.78. The fourth-order valence-electron chi connectivity index (χ4n) is 2.97. The van der Waals surface area contributed by atoms with Gasteiger partial charge in [0.25, 0.3) is 0 Å². The second-order valence-electron chi connectivity index (χ2n) is 5.81. The first kappa shape index (κ1) is 17.5. The zero-order valence-corrected chi connectivity index (χ0v) is 14.6. The first-order valence-electron chi connectivity index (χ1n) is 7.71. The number of alkyl halides is 3. The molecule has 0 radical (unpaired) electrons. The Morgan fingerprint density at radius 2 is 1.88 bits per heavy atom. The van der Waals surface area contributed by atoms with Gasteiger partial charge < -0.3 is 9.30 Å². The van der Waals surface area contributed by atoms with Crippen LogP contribution >= 0.6 is 23.2 Å². The average molecular weight is 403 g/mol. The molecular weight excluding hydrogens is 392 g/mol. The van der Waals surface area contributed by atoms with Crippen molar-refractivity contribution in [2.24, 2.45) is 0 Å². The van der Waals surface area contributed by atoms with E-state index in [0.29, 0.717) is 36.0 Å². The molecule has 1 fully saturated rings. The van der Waals surface area contributed by atoms with Crippen molar-refractivity contribution in [2.75, 3.05) is 13.2 Å². The fourth-order valence-corrected chi connectivity index (χ4v) is 3.40. The van der Waals surface area contributed by atoms with Crippen molar-refractivity contribution >= 4 is 34.4 Å². The SMILES string of the molecule is FC(F)(F)c1nc(Cl)c2nc(-c3ccccc3Cl)n(C3CCOC3)c2n1. The number of hydrogen-bond donors (Lipinski definition) is 0. The average Bonchev–Trinajstić information content (AvgIpc) is 3.21.